The van der Waals surface area contributed by atoms with Gasteiger partial charge in [-0.25, -0.2) is 9.59 Å². The van der Waals surface area contributed by atoms with E-state index in [0.717, 1.165) is 12.8 Å². The van der Waals surface area contributed by atoms with Crippen molar-refractivity contribution in [2.75, 3.05) is 20.8 Å². The molecule has 3 amide bonds. The Kier molecular flexibility index (Phi) is 5.40. The molecule has 124 valence electrons. The molecule has 0 bridgehead atoms. The van der Waals surface area contributed by atoms with Crippen LogP contribution in [0.15, 0.2) is 18.2 Å². The van der Waals surface area contributed by atoms with E-state index in [1.807, 2.05) is 0 Å². The maximum Gasteiger partial charge on any atom is 0.342 e. The first-order chi connectivity index (χ1) is 11.0. The van der Waals surface area contributed by atoms with Crippen LogP contribution in [0.3, 0.4) is 0 Å². The summed E-state index contributed by atoms with van der Waals surface area (Å²) in [5.41, 5.74) is 0.127. The van der Waals surface area contributed by atoms with E-state index < -0.39 is 24.5 Å². The van der Waals surface area contributed by atoms with Gasteiger partial charge in [-0.2, -0.15) is 0 Å². The number of carbonyl (C=O) groups excluding carboxylic acids is 3. The summed E-state index contributed by atoms with van der Waals surface area (Å²) in [6.07, 6.45) is 1.82. The minimum absolute atomic E-state index is 0.127. The summed E-state index contributed by atoms with van der Waals surface area (Å²) >= 11 is 0. The van der Waals surface area contributed by atoms with Gasteiger partial charge in [0.05, 0.1) is 14.2 Å². The number of ether oxygens (including phenoxy) is 3. The van der Waals surface area contributed by atoms with Gasteiger partial charge in [0.25, 0.3) is 5.91 Å². The van der Waals surface area contributed by atoms with Crippen LogP contribution < -0.4 is 20.1 Å². The van der Waals surface area contributed by atoms with Crippen molar-refractivity contribution in [2.24, 2.45) is 0 Å². The molecule has 0 unspecified atom stereocenters. The highest BCUT2D eigenvalue weighted by Crippen LogP contribution is 2.31. The van der Waals surface area contributed by atoms with E-state index in [4.69, 9.17) is 14.2 Å². The predicted octanol–water partition coefficient (Wildman–Crippen LogP) is 0.849. The van der Waals surface area contributed by atoms with Crippen molar-refractivity contribution in [3.05, 3.63) is 23.8 Å². The van der Waals surface area contributed by atoms with Crippen LogP contribution >= 0.6 is 0 Å². The number of hydrogen-bond donors (Lipinski definition) is 2. The van der Waals surface area contributed by atoms with Crippen LogP contribution in [0.4, 0.5) is 4.79 Å². The molecule has 0 aromatic heterocycles. The number of rotatable bonds is 6. The zero-order valence-corrected chi connectivity index (χ0v) is 12.9. The lowest BCUT2D eigenvalue weighted by Crippen LogP contribution is -2.42. The van der Waals surface area contributed by atoms with Gasteiger partial charge in [-0.3, -0.25) is 10.1 Å². The Bertz CT molecular complexity index is 612. The zero-order valence-electron chi connectivity index (χ0n) is 12.9. The molecule has 23 heavy (non-hydrogen) atoms. The van der Waals surface area contributed by atoms with Gasteiger partial charge in [0.15, 0.2) is 18.1 Å². The fraction of sp³-hybridized carbons (Fsp3) is 0.400. The molecule has 8 heteroatoms. The molecule has 0 radical (unpaired) electrons. The first-order valence-electron chi connectivity index (χ1n) is 7.03. The van der Waals surface area contributed by atoms with E-state index >= 15 is 0 Å². The Morgan fingerprint density at radius 3 is 2.52 bits per heavy atom. The van der Waals surface area contributed by atoms with Crippen LogP contribution in [-0.4, -0.2) is 44.8 Å². The van der Waals surface area contributed by atoms with Crippen LogP contribution in [0.1, 0.15) is 23.2 Å². The fourth-order valence-corrected chi connectivity index (χ4v) is 1.87. The number of para-hydroxylation sites is 1. The van der Waals surface area contributed by atoms with Crippen LogP contribution in [0, 0.1) is 0 Å². The monoisotopic (exact) mass is 322 g/mol. The fourth-order valence-electron chi connectivity index (χ4n) is 1.87. The largest absolute Gasteiger partial charge is 0.493 e. The number of carbonyl (C=O) groups is 3. The Morgan fingerprint density at radius 1 is 1.17 bits per heavy atom. The highest BCUT2D eigenvalue weighted by Gasteiger charge is 2.24. The van der Waals surface area contributed by atoms with Crippen molar-refractivity contribution in [1.29, 1.82) is 0 Å². The van der Waals surface area contributed by atoms with Gasteiger partial charge in [-0.05, 0) is 25.0 Å². The van der Waals surface area contributed by atoms with Crippen LogP contribution in [-0.2, 0) is 9.53 Å². The molecular formula is C15H18N2O6. The zero-order chi connectivity index (χ0) is 16.8. The topological polar surface area (TPSA) is 103 Å². The standard InChI is InChI=1S/C15H18N2O6/c1-21-11-5-3-4-10(13(11)22-2)14(19)23-8-12(18)17-15(20)16-9-6-7-9/h3-5,9H,6-8H2,1-2H3,(H2,16,17,18,20). The average molecular weight is 322 g/mol. The van der Waals surface area contributed by atoms with E-state index in [-0.39, 0.29) is 17.4 Å². The van der Waals surface area contributed by atoms with Crippen molar-refractivity contribution >= 4 is 17.9 Å². The predicted molar refractivity (Wildman–Crippen MR) is 79.5 cm³/mol. The van der Waals surface area contributed by atoms with Crippen LogP contribution in [0.25, 0.3) is 0 Å². The number of benzene rings is 1. The SMILES string of the molecule is COc1cccc(C(=O)OCC(=O)NC(=O)NC2CC2)c1OC. The number of esters is 1. The van der Waals surface area contributed by atoms with Gasteiger partial charge in [-0.1, -0.05) is 6.07 Å². The van der Waals surface area contributed by atoms with Crippen molar-refractivity contribution in [1.82, 2.24) is 10.6 Å². The van der Waals surface area contributed by atoms with Crippen molar-refractivity contribution < 1.29 is 28.6 Å². The number of amides is 3. The molecule has 1 aromatic carbocycles. The first-order valence-corrected chi connectivity index (χ1v) is 7.03. The van der Waals surface area contributed by atoms with Crippen LogP contribution in [0.2, 0.25) is 0 Å². The Balaban J connectivity index is 1.88. The van der Waals surface area contributed by atoms with Gasteiger partial charge in [-0.15, -0.1) is 0 Å². The third-order valence-corrected chi connectivity index (χ3v) is 3.12. The molecule has 1 fully saturated rings. The molecule has 2 rings (SSSR count). The minimum atomic E-state index is -0.751. The third kappa shape index (κ3) is 4.60. The lowest BCUT2D eigenvalue weighted by Gasteiger charge is -2.12. The maximum absolute atomic E-state index is 12.0. The summed E-state index contributed by atoms with van der Waals surface area (Å²) in [5.74, 6) is -0.876. The summed E-state index contributed by atoms with van der Waals surface area (Å²) < 4.78 is 15.1. The van der Waals surface area contributed by atoms with Gasteiger partial charge in [0.1, 0.15) is 5.56 Å². The summed E-state index contributed by atoms with van der Waals surface area (Å²) in [4.78, 5) is 35.0. The lowest BCUT2D eigenvalue weighted by atomic mass is 10.2. The summed E-state index contributed by atoms with van der Waals surface area (Å²) in [6.45, 7) is -0.572. The Morgan fingerprint density at radius 2 is 1.91 bits per heavy atom. The molecule has 1 aromatic rings. The smallest absolute Gasteiger partial charge is 0.342 e. The molecule has 0 aliphatic heterocycles. The quantitative estimate of drug-likeness (QED) is 0.753. The molecule has 8 nitrogen and oxygen atoms in total. The molecule has 2 N–H and O–H groups in total. The van der Waals surface area contributed by atoms with Crippen molar-refractivity contribution in [2.45, 2.75) is 18.9 Å². The number of hydrogen-bond acceptors (Lipinski definition) is 6. The van der Waals surface area contributed by atoms with Crippen molar-refractivity contribution in [3.8, 4) is 11.5 Å². The van der Waals surface area contributed by atoms with Crippen molar-refractivity contribution in [3.63, 3.8) is 0 Å². The van der Waals surface area contributed by atoms with Gasteiger partial charge >= 0.3 is 12.0 Å². The Hall–Kier alpha value is -2.77. The molecule has 1 aliphatic carbocycles. The molecule has 1 saturated carbocycles. The maximum atomic E-state index is 12.0. The van der Waals surface area contributed by atoms with E-state index in [0.29, 0.717) is 5.75 Å². The first kappa shape index (κ1) is 16.6. The molecule has 0 saturated heterocycles. The summed E-state index contributed by atoms with van der Waals surface area (Å²) in [7, 11) is 2.84. The van der Waals surface area contributed by atoms with E-state index in [1.54, 1.807) is 12.1 Å². The number of nitrogens with one attached hydrogen (secondary N) is 2. The minimum Gasteiger partial charge on any atom is -0.493 e. The summed E-state index contributed by atoms with van der Waals surface area (Å²) in [6, 6.07) is 4.26. The number of imide groups is 1. The van der Waals surface area contributed by atoms with E-state index in [2.05, 4.69) is 10.6 Å². The number of urea groups is 1. The van der Waals surface area contributed by atoms with Crippen LogP contribution in [0.5, 0.6) is 11.5 Å². The molecular weight excluding hydrogens is 304 g/mol. The third-order valence-electron chi connectivity index (χ3n) is 3.12. The van der Waals surface area contributed by atoms with E-state index in [1.165, 1.54) is 20.3 Å². The molecule has 0 atom stereocenters. The molecule has 0 spiro atoms. The summed E-state index contributed by atoms with van der Waals surface area (Å²) in [5, 5.41) is 4.68. The lowest BCUT2D eigenvalue weighted by molar-refractivity contribution is -0.123. The normalized spacial score (nSPS) is 13.0. The molecule has 1 aliphatic rings. The Labute approximate surface area is 133 Å². The molecule has 0 heterocycles. The van der Waals surface area contributed by atoms with Gasteiger partial charge in [0, 0.05) is 6.04 Å². The second-order valence-electron chi connectivity index (χ2n) is 4.91. The average Bonchev–Trinajstić information content (AvgIpc) is 3.35. The highest BCUT2D eigenvalue weighted by atomic mass is 16.5. The second-order valence-corrected chi connectivity index (χ2v) is 4.91. The number of methoxy groups -OCH3 is 2. The van der Waals surface area contributed by atoms with E-state index in [9.17, 15) is 14.4 Å². The van der Waals surface area contributed by atoms with Gasteiger partial charge in [0.2, 0.25) is 0 Å². The van der Waals surface area contributed by atoms with Gasteiger partial charge < -0.3 is 19.5 Å². The second kappa shape index (κ2) is 7.48. The highest BCUT2D eigenvalue weighted by molar-refractivity contribution is 5.98.